The van der Waals surface area contributed by atoms with Crippen LogP contribution in [-0.2, 0) is 11.8 Å². The summed E-state index contributed by atoms with van der Waals surface area (Å²) in [4.78, 5) is 33.9. The van der Waals surface area contributed by atoms with Crippen molar-refractivity contribution in [2.75, 3.05) is 25.5 Å². The number of para-hydroxylation sites is 2. The number of fused-ring (bicyclic) bond motifs is 2. The van der Waals surface area contributed by atoms with Gasteiger partial charge in [0.1, 0.15) is 5.75 Å². The Morgan fingerprint density at radius 2 is 1.93 bits per heavy atom. The highest BCUT2D eigenvalue weighted by Gasteiger charge is 2.35. The first-order valence-corrected chi connectivity index (χ1v) is 9.37. The number of nitrogens with zero attached hydrogens (tertiary/aromatic N) is 5. The fourth-order valence-electron chi connectivity index (χ4n) is 3.73. The molecule has 150 valence electrons. The average Bonchev–Trinajstić information content (AvgIpc) is 2.98. The number of pyridine rings is 1. The molecule has 0 N–H and O–H groups in total. The molecule has 2 amide bonds. The summed E-state index contributed by atoms with van der Waals surface area (Å²) in [6, 6.07) is 9.04. The predicted molar refractivity (Wildman–Crippen MR) is 109 cm³/mol. The maximum atomic E-state index is 13.7. The van der Waals surface area contributed by atoms with Crippen molar-refractivity contribution < 1.29 is 14.3 Å². The van der Waals surface area contributed by atoms with E-state index in [0.717, 1.165) is 16.8 Å². The normalized spacial score (nSPS) is 15.8. The summed E-state index contributed by atoms with van der Waals surface area (Å²) in [5.74, 6) is 0.118. The van der Waals surface area contributed by atoms with Crippen molar-refractivity contribution in [2.45, 2.75) is 20.0 Å². The summed E-state index contributed by atoms with van der Waals surface area (Å²) in [6.45, 7) is 3.85. The van der Waals surface area contributed by atoms with Crippen molar-refractivity contribution >= 4 is 28.5 Å². The standard InChI is InChI=1S/C21H23N5O3/c1-12-10-14(18-13(2)23-25(5)19(18)22-12)20(27)26-11-17(21(28)24(3)4)29-16-9-7-6-8-15(16)26/h6-10,17H,11H2,1-5H3/t17-/m0/s1. The van der Waals surface area contributed by atoms with Crippen LogP contribution in [0.15, 0.2) is 30.3 Å². The van der Waals surface area contributed by atoms with Crippen LogP contribution in [0.1, 0.15) is 21.7 Å². The van der Waals surface area contributed by atoms with Gasteiger partial charge in [-0.05, 0) is 32.0 Å². The van der Waals surface area contributed by atoms with Crippen molar-refractivity contribution in [2.24, 2.45) is 7.05 Å². The highest BCUT2D eigenvalue weighted by atomic mass is 16.5. The molecule has 29 heavy (non-hydrogen) atoms. The van der Waals surface area contributed by atoms with Crippen LogP contribution in [0.25, 0.3) is 11.0 Å². The zero-order valence-electron chi connectivity index (χ0n) is 17.1. The average molecular weight is 393 g/mol. The van der Waals surface area contributed by atoms with Crippen LogP contribution in [0.3, 0.4) is 0 Å². The molecule has 0 spiro atoms. The third-order valence-corrected chi connectivity index (χ3v) is 5.06. The molecule has 8 nitrogen and oxygen atoms in total. The molecule has 0 radical (unpaired) electrons. The minimum Gasteiger partial charge on any atom is -0.476 e. The van der Waals surface area contributed by atoms with Gasteiger partial charge in [-0.1, -0.05) is 12.1 Å². The number of aryl methyl sites for hydroxylation is 3. The Balaban J connectivity index is 1.84. The molecule has 4 rings (SSSR count). The number of likely N-dealkylation sites (N-methyl/N-ethyl adjacent to an activating group) is 1. The van der Waals surface area contributed by atoms with E-state index in [4.69, 9.17) is 4.74 Å². The van der Waals surface area contributed by atoms with E-state index in [9.17, 15) is 9.59 Å². The lowest BCUT2D eigenvalue weighted by Crippen LogP contribution is -2.50. The number of anilines is 1. The van der Waals surface area contributed by atoms with Crippen LogP contribution in [0.2, 0.25) is 0 Å². The van der Waals surface area contributed by atoms with Gasteiger partial charge in [0.25, 0.3) is 11.8 Å². The molecule has 0 unspecified atom stereocenters. The molecule has 1 aromatic carbocycles. The second-order valence-corrected chi connectivity index (χ2v) is 7.44. The van der Waals surface area contributed by atoms with Crippen LogP contribution >= 0.6 is 0 Å². The van der Waals surface area contributed by atoms with Crippen LogP contribution in [0.4, 0.5) is 5.69 Å². The van der Waals surface area contributed by atoms with Crippen molar-refractivity contribution in [3.63, 3.8) is 0 Å². The SMILES string of the molecule is Cc1cc(C(=O)N2C[C@@H](C(=O)N(C)C)Oc3ccccc32)c2c(C)nn(C)c2n1. The molecule has 2 aromatic heterocycles. The van der Waals surface area contributed by atoms with Gasteiger partial charge in [0.2, 0.25) is 0 Å². The van der Waals surface area contributed by atoms with Gasteiger partial charge in [-0.3, -0.25) is 14.3 Å². The maximum absolute atomic E-state index is 13.7. The number of aromatic nitrogens is 3. The van der Waals surface area contributed by atoms with Crippen LogP contribution in [0.5, 0.6) is 5.75 Å². The number of rotatable bonds is 2. The van der Waals surface area contributed by atoms with E-state index in [-0.39, 0.29) is 18.4 Å². The van der Waals surface area contributed by atoms with Crippen LogP contribution in [-0.4, -0.2) is 58.2 Å². The van der Waals surface area contributed by atoms with E-state index in [1.165, 1.54) is 4.90 Å². The molecule has 3 heterocycles. The third-order valence-electron chi connectivity index (χ3n) is 5.06. The summed E-state index contributed by atoms with van der Waals surface area (Å²) in [5.41, 5.74) is 3.29. The number of benzene rings is 1. The number of ether oxygens (including phenoxy) is 1. The zero-order valence-corrected chi connectivity index (χ0v) is 17.1. The van der Waals surface area contributed by atoms with Crippen LogP contribution < -0.4 is 9.64 Å². The first-order valence-electron chi connectivity index (χ1n) is 9.37. The molecule has 1 aliphatic rings. The van der Waals surface area contributed by atoms with Gasteiger partial charge in [0.15, 0.2) is 11.8 Å². The third kappa shape index (κ3) is 3.10. The molecule has 8 heteroatoms. The number of amides is 2. The summed E-state index contributed by atoms with van der Waals surface area (Å²) in [5, 5.41) is 5.15. The van der Waals surface area contributed by atoms with Gasteiger partial charge >= 0.3 is 0 Å². The van der Waals surface area contributed by atoms with Gasteiger partial charge in [0.05, 0.1) is 28.9 Å². The van der Waals surface area contributed by atoms with Crippen molar-refractivity contribution in [3.05, 3.63) is 47.3 Å². The Bertz CT molecular complexity index is 1130. The van der Waals surface area contributed by atoms with Crippen LogP contribution in [0, 0.1) is 13.8 Å². The molecule has 3 aromatic rings. The van der Waals surface area contributed by atoms with E-state index in [1.807, 2.05) is 39.1 Å². The van der Waals surface area contributed by atoms with Gasteiger partial charge in [-0.15, -0.1) is 0 Å². The van der Waals surface area contributed by atoms with E-state index >= 15 is 0 Å². The molecule has 0 bridgehead atoms. The minimum atomic E-state index is -0.766. The number of carbonyl (C=O) groups is 2. The highest BCUT2D eigenvalue weighted by molar-refractivity contribution is 6.14. The van der Waals surface area contributed by atoms with Crippen molar-refractivity contribution in [1.82, 2.24) is 19.7 Å². The van der Waals surface area contributed by atoms with Crippen molar-refractivity contribution in [3.8, 4) is 5.75 Å². The monoisotopic (exact) mass is 393 g/mol. The first kappa shape index (κ1) is 18.9. The summed E-state index contributed by atoms with van der Waals surface area (Å²) < 4.78 is 7.58. The number of carbonyl (C=O) groups excluding carboxylic acids is 2. The topological polar surface area (TPSA) is 80.6 Å². The molecule has 0 saturated carbocycles. The number of hydrogen-bond donors (Lipinski definition) is 0. The maximum Gasteiger partial charge on any atom is 0.265 e. The Hall–Kier alpha value is -3.42. The molecule has 1 atom stereocenters. The fourth-order valence-corrected chi connectivity index (χ4v) is 3.73. The minimum absolute atomic E-state index is 0.134. The lowest BCUT2D eigenvalue weighted by atomic mass is 10.1. The molecule has 0 fully saturated rings. The van der Waals surface area contributed by atoms with Gasteiger partial charge < -0.3 is 14.5 Å². The number of hydrogen-bond acceptors (Lipinski definition) is 5. The van der Waals surface area contributed by atoms with E-state index < -0.39 is 6.10 Å². The highest BCUT2D eigenvalue weighted by Crippen LogP contribution is 2.35. The molecular weight excluding hydrogens is 370 g/mol. The second kappa shape index (κ2) is 6.88. The van der Waals surface area contributed by atoms with Gasteiger partial charge in [-0.2, -0.15) is 5.10 Å². The summed E-state index contributed by atoms with van der Waals surface area (Å²) in [7, 11) is 5.16. The lowest BCUT2D eigenvalue weighted by molar-refractivity contribution is -0.135. The van der Waals surface area contributed by atoms with Crippen molar-refractivity contribution in [1.29, 1.82) is 0 Å². The quantitative estimate of drug-likeness (QED) is 0.666. The Labute approximate surface area is 168 Å². The summed E-state index contributed by atoms with van der Waals surface area (Å²) in [6.07, 6.45) is -0.766. The summed E-state index contributed by atoms with van der Waals surface area (Å²) >= 11 is 0. The fraction of sp³-hybridized carbons (Fsp3) is 0.333. The second-order valence-electron chi connectivity index (χ2n) is 7.44. The van der Waals surface area contributed by atoms with Gasteiger partial charge in [0, 0.05) is 26.8 Å². The zero-order chi connectivity index (χ0) is 20.9. The largest absolute Gasteiger partial charge is 0.476 e. The Kier molecular flexibility index (Phi) is 4.49. The smallest absolute Gasteiger partial charge is 0.265 e. The Morgan fingerprint density at radius 1 is 1.21 bits per heavy atom. The molecule has 1 aliphatic heterocycles. The Morgan fingerprint density at radius 3 is 2.66 bits per heavy atom. The van der Waals surface area contributed by atoms with E-state index in [2.05, 4.69) is 10.1 Å². The molecule has 0 saturated heterocycles. The van der Waals surface area contributed by atoms with Gasteiger partial charge in [-0.25, -0.2) is 4.98 Å². The predicted octanol–water partition coefficient (Wildman–Crippen LogP) is 2.08. The van der Waals surface area contributed by atoms with E-state index in [1.54, 1.807) is 35.8 Å². The molecule has 0 aliphatic carbocycles. The molecular formula is C21H23N5O3. The lowest BCUT2D eigenvalue weighted by Gasteiger charge is -2.35. The first-order chi connectivity index (χ1) is 13.8. The van der Waals surface area contributed by atoms with E-state index in [0.29, 0.717) is 22.6 Å².